The van der Waals surface area contributed by atoms with E-state index < -0.39 is 0 Å². The van der Waals surface area contributed by atoms with Crippen molar-refractivity contribution in [2.45, 2.75) is 13.3 Å². The number of nitrogens with one attached hydrogen (secondary N) is 1. The fraction of sp³-hybridized carbons (Fsp3) is 0.368. The van der Waals surface area contributed by atoms with Gasteiger partial charge in [-0.3, -0.25) is 4.79 Å². The van der Waals surface area contributed by atoms with Gasteiger partial charge in [0.2, 0.25) is 0 Å². The summed E-state index contributed by atoms with van der Waals surface area (Å²) in [6.07, 6.45) is 2.64. The van der Waals surface area contributed by atoms with Crippen molar-refractivity contribution in [2.75, 3.05) is 31.6 Å². The van der Waals surface area contributed by atoms with Gasteiger partial charge < -0.3 is 20.7 Å². The number of rotatable bonds is 6. The zero-order chi connectivity index (χ0) is 17.6. The molecule has 1 unspecified atom stereocenters. The standard InChI is InChI=1S/C19H24N4O2.2ClH/c1-2-25-16-7-5-15(6-8-16)22-18-17(4-3-10-21-18)19(24)23-11-9-14(12-20)13-23;;/h3-8,10,14H,2,9,11-13,20H2,1H3,(H,21,22);2*1H. The van der Waals surface area contributed by atoms with Crippen LogP contribution in [0.15, 0.2) is 42.6 Å². The van der Waals surface area contributed by atoms with Gasteiger partial charge in [-0.05, 0) is 62.2 Å². The summed E-state index contributed by atoms with van der Waals surface area (Å²) in [5, 5.41) is 3.23. The smallest absolute Gasteiger partial charge is 0.257 e. The van der Waals surface area contributed by atoms with Gasteiger partial charge in [0, 0.05) is 25.0 Å². The van der Waals surface area contributed by atoms with Crippen LogP contribution in [-0.4, -0.2) is 42.0 Å². The molecule has 1 atom stereocenters. The Morgan fingerprint density at radius 1 is 1.30 bits per heavy atom. The molecule has 0 bridgehead atoms. The molecule has 1 amide bonds. The lowest BCUT2D eigenvalue weighted by molar-refractivity contribution is 0.0788. The second kappa shape index (κ2) is 11.0. The molecule has 0 spiro atoms. The molecule has 3 N–H and O–H groups in total. The Kier molecular flexibility index (Phi) is 9.35. The maximum absolute atomic E-state index is 12.8. The van der Waals surface area contributed by atoms with Gasteiger partial charge in [0.05, 0.1) is 12.2 Å². The lowest BCUT2D eigenvalue weighted by Gasteiger charge is -2.18. The topological polar surface area (TPSA) is 80.5 Å². The van der Waals surface area contributed by atoms with Crippen LogP contribution in [0.1, 0.15) is 23.7 Å². The Labute approximate surface area is 172 Å². The van der Waals surface area contributed by atoms with Gasteiger partial charge in [-0.2, -0.15) is 0 Å². The predicted molar refractivity (Wildman–Crippen MR) is 113 cm³/mol. The average molecular weight is 413 g/mol. The predicted octanol–water partition coefficient (Wildman–Crippen LogP) is 3.49. The number of nitrogens with two attached hydrogens (primary N) is 1. The van der Waals surface area contributed by atoms with Crippen LogP contribution in [0, 0.1) is 5.92 Å². The van der Waals surface area contributed by atoms with Crippen LogP contribution in [0.25, 0.3) is 0 Å². The van der Waals surface area contributed by atoms with Gasteiger partial charge in [-0.1, -0.05) is 0 Å². The van der Waals surface area contributed by atoms with Crippen LogP contribution in [0.2, 0.25) is 0 Å². The number of amides is 1. The molecule has 1 aliphatic rings. The van der Waals surface area contributed by atoms with E-state index in [4.69, 9.17) is 10.5 Å². The first-order chi connectivity index (χ1) is 12.2. The highest BCUT2D eigenvalue weighted by Crippen LogP contribution is 2.24. The molecule has 1 fully saturated rings. The highest BCUT2D eigenvalue weighted by Gasteiger charge is 2.27. The van der Waals surface area contributed by atoms with Crippen molar-refractivity contribution in [3.8, 4) is 5.75 Å². The molecule has 0 radical (unpaired) electrons. The molecule has 0 saturated carbocycles. The Hall–Kier alpha value is -2.02. The van der Waals surface area contributed by atoms with Gasteiger partial charge in [0.1, 0.15) is 11.6 Å². The quantitative estimate of drug-likeness (QED) is 0.758. The zero-order valence-corrected chi connectivity index (χ0v) is 16.9. The molecule has 1 saturated heterocycles. The minimum atomic E-state index is -0.00233. The fourth-order valence-electron chi connectivity index (χ4n) is 3.00. The third kappa shape index (κ3) is 5.73. The summed E-state index contributed by atoms with van der Waals surface area (Å²) in [5.41, 5.74) is 7.16. The molecule has 2 aromatic rings. The monoisotopic (exact) mass is 412 g/mol. The van der Waals surface area contributed by atoms with Crippen molar-refractivity contribution in [3.63, 3.8) is 0 Å². The number of hydrogen-bond acceptors (Lipinski definition) is 5. The van der Waals surface area contributed by atoms with Crippen LogP contribution in [0.4, 0.5) is 11.5 Å². The van der Waals surface area contributed by atoms with E-state index in [1.807, 2.05) is 42.2 Å². The molecule has 27 heavy (non-hydrogen) atoms. The summed E-state index contributed by atoms with van der Waals surface area (Å²) >= 11 is 0. The highest BCUT2D eigenvalue weighted by molar-refractivity contribution is 5.99. The summed E-state index contributed by atoms with van der Waals surface area (Å²) in [4.78, 5) is 19.1. The number of anilines is 2. The van der Waals surface area contributed by atoms with E-state index in [2.05, 4.69) is 10.3 Å². The number of hydrogen-bond donors (Lipinski definition) is 2. The minimum absolute atomic E-state index is 0. The van der Waals surface area contributed by atoms with Crippen molar-refractivity contribution in [2.24, 2.45) is 11.7 Å². The SMILES string of the molecule is CCOc1ccc(Nc2ncccc2C(=O)N2CCC(CN)C2)cc1.Cl.Cl. The fourth-order valence-corrected chi connectivity index (χ4v) is 3.00. The third-order valence-electron chi connectivity index (χ3n) is 4.37. The highest BCUT2D eigenvalue weighted by atomic mass is 35.5. The maximum atomic E-state index is 12.8. The van der Waals surface area contributed by atoms with Crippen LogP contribution in [-0.2, 0) is 0 Å². The van der Waals surface area contributed by atoms with E-state index >= 15 is 0 Å². The number of aromatic nitrogens is 1. The van der Waals surface area contributed by atoms with Crippen molar-refractivity contribution in [3.05, 3.63) is 48.2 Å². The number of benzene rings is 1. The summed E-state index contributed by atoms with van der Waals surface area (Å²) in [7, 11) is 0. The first-order valence-electron chi connectivity index (χ1n) is 8.65. The summed E-state index contributed by atoms with van der Waals surface area (Å²) < 4.78 is 5.45. The second-order valence-electron chi connectivity index (χ2n) is 6.12. The molecule has 1 aromatic carbocycles. The normalized spacial score (nSPS) is 15.5. The van der Waals surface area contributed by atoms with Gasteiger partial charge in [-0.25, -0.2) is 4.98 Å². The van der Waals surface area contributed by atoms with E-state index in [9.17, 15) is 4.79 Å². The van der Waals surface area contributed by atoms with Gasteiger partial charge in [0.25, 0.3) is 5.91 Å². The number of likely N-dealkylation sites (tertiary alicyclic amines) is 1. The molecule has 1 aromatic heterocycles. The van der Waals surface area contributed by atoms with Crippen LogP contribution >= 0.6 is 24.8 Å². The van der Waals surface area contributed by atoms with Crippen LogP contribution < -0.4 is 15.8 Å². The zero-order valence-electron chi connectivity index (χ0n) is 15.3. The lowest BCUT2D eigenvalue weighted by atomic mass is 10.1. The molecule has 8 heteroatoms. The lowest BCUT2D eigenvalue weighted by Crippen LogP contribution is -2.30. The second-order valence-corrected chi connectivity index (χ2v) is 6.12. The Morgan fingerprint density at radius 2 is 2.04 bits per heavy atom. The molecule has 6 nitrogen and oxygen atoms in total. The number of halogens is 2. The molecular formula is C19H26Cl2N4O2. The number of nitrogens with zero attached hydrogens (tertiary/aromatic N) is 2. The molecule has 148 valence electrons. The summed E-state index contributed by atoms with van der Waals surface area (Å²) in [6, 6.07) is 11.2. The molecule has 1 aliphatic heterocycles. The van der Waals surface area contributed by atoms with Crippen molar-refractivity contribution in [1.29, 1.82) is 0 Å². The van der Waals surface area contributed by atoms with Crippen LogP contribution in [0.3, 0.4) is 0 Å². The Balaban J connectivity index is 0.00000182. The summed E-state index contributed by atoms with van der Waals surface area (Å²) in [5.74, 6) is 1.77. The van der Waals surface area contributed by atoms with E-state index in [1.54, 1.807) is 12.3 Å². The maximum Gasteiger partial charge on any atom is 0.257 e. The Morgan fingerprint density at radius 3 is 2.67 bits per heavy atom. The average Bonchev–Trinajstić information content (AvgIpc) is 3.13. The molecular weight excluding hydrogens is 387 g/mol. The van der Waals surface area contributed by atoms with Crippen LogP contribution in [0.5, 0.6) is 5.75 Å². The third-order valence-corrected chi connectivity index (χ3v) is 4.37. The molecule has 3 rings (SSSR count). The van der Waals surface area contributed by atoms with Gasteiger partial charge >= 0.3 is 0 Å². The summed E-state index contributed by atoms with van der Waals surface area (Å²) in [6.45, 7) is 4.66. The first kappa shape index (κ1) is 23.0. The minimum Gasteiger partial charge on any atom is -0.494 e. The number of ether oxygens (including phenoxy) is 1. The van der Waals surface area contributed by atoms with Gasteiger partial charge in [0.15, 0.2) is 0 Å². The number of carbonyl (C=O) groups excluding carboxylic acids is 1. The molecule has 0 aliphatic carbocycles. The van der Waals surface area contributed by atoms with Crippen molar-refractivity contribution < 1.29 is 9.53 Å². The van der Waals surface area contributed by atoms with E-state index in [0.29, 0.717) is 37.0 Å². The molecule has 2 heterocycles. The Bertz CT molecular complexity index is 728. The van der Waals surface area contributed by atoms with Crippen molar-refractivity contribution in [1.82, 2.24) is 9.88 Å². The number of pyridine rings is 1. The van der Waals surface area contributed by atoms with E-state index in [-0.39, 0.29) is 30.7 Å². The van der Waals surface area contributed by atoms with E-state index in [0.717, 1.165) is 24.4 Å². The van der Waals surface area contributed by atoms with Crippen molar-refractivity contribution >= 4 is 42.2 Å². The van der Waals surface area contributed by atoms with E-state index in [1.165, 1.54) is 0 Å². The number of carbonyl (C=O) groups is 1. The largest absolute Gasteiger partial charge is 0.494 e. The van der Waals surface area contributed by atoms with Gasteiger partial charge in [-0.15, -0.1) is 24.8 Å². The first-order valence-corrected chi connectivity index (χ1v) is 8.65.